The molecule has 6 heteroatoms. The molecule has 0 saturated carbocycles. The summed E-state index contributed by atoms with van der Waals surface area (Å²) in [6.07, 6.45) is -0.0457. The van der Waals surface area contributed by atoms with Crippen LogP contribution in [0.5, 0.6) is 5.75 Å². The molecule has 0 fully saturated rings. The van der Waals surface area contributed by atoms with Gasteiger partial charge in [0.15, 0.2) is 0 Å². The molecule has 2 aromatic carbocycles. The van der Waals surface area contributed by atoms with Gasteiger partial charge in [0.05, 0.1) is 18.3 Å². The average molecular weight is 348 g/mol. The summed E-state index contributed by atoms with van der Waals surface area (Å²) in [5, 5.41) is 5.39. The maximum Gasteiger partial charge on any atom is 0.239 e. The smallest absolute Gasteiger partial charge is 0.239 e. The number of amides is 1. The van der Waals surface area contributed by atoms with Crippen LogP contribution in [-0.2, 0) is 11.3 Å². The summed E-state index contributed by atoms with van der Waals surface area (Å²) in [5.41, 5.74) is 1.43. The minimum absolute atomic E-state index is 0.0457. The lowest BCUT2D eigenvalue weighted by molar-refractivity contribution is -0.119. The third-order valence-corrected chi connectivity index (χ3v) is 3.48. The number of benzene rings is 2. The quantitative estimate of drug-likeness (QED) is 0.800. The number of carbonyl (C=O) groups excluding carboxylic acids is 1. The van der Waals surface area contributed by atoms with E-state index in [0.717, 1.165) is 0 Å². The van der Waals surface area contributed by atoms with Crippen LogP contribution in [0.4, 0.5) is 14.5 Å². The predicted octanol–water partition coefficient (Wildman–Crippen LogP) is 3.79. The minimum atomic E-state index is -0.494. The molecule has 0 radical (unpaired) electrons. The van der Waals surface area contributed by atoms with E-state index in [4.69, 9.17) is 4.74 Å². The van der Waals surface area contributed by atoms with E-state index in [1.165, 1.54) is 18.2 Å². The van der Waals surface area contributed by atoms with Crippen molar-refractivity contribution in [2.75, 3.05) is 11.9 Å². The summed E-state index contributed by atoms with van der Waals surface area (Å²) >= 11 is 0. The van der Waals surface area contributed by atoms with Crippen molar-refractivity contribution < 1.29 is 18.3 Å². The zero-order valence-corrected chi connectivity index (χ0v) is 14.5. The van der Waals surface area contributed by atoms with Crippen LogP contribution in [0.15, 0.2) is 36.4 Å². The van der Waals surface area contributed by atoms with Gasteiger partial charge in [-0.2, -0.15) is 0 Å². The fraction of sp³-hybridized carbons (Fsp3) is 0.316. The highest BCUT2D eigenvalue weighted by Gasteiger charge is 2.08. The fourth-order valence-electron chi connectivity index (χ4n) is 2.17. The van der Waals surface area contributed by atoms with Gasteiger partial charge >= 0.3 is 0 Å². The highest BCUT2D eigenvalue weighted by molar-refractivity contribution is 5.80. The van der Waals surface area contributed by atoms with Crippen LogP contribution >= 0.6 is 0 Å². The summed E-state index contributed by atoms with van der Waals surface area (Å²) in [5.74, 6) is -0.686. The van der Waals surface area contributed by atoms with Crippen molar-refractivity contribution in [1.82, 2.24) is 5.32 Å². The SMILES string of the molecule is Cc1ccc(CNC(=O)CNc2ccc(OC(C)C)cc2F)cc1F. The maximum atomic E-state index is 14.0. The highest BCUT2D eigenvalue weighted by Crippen LogP contribution is 2.21. The summed E-state index contributed by atoms with van der Waals surface area (Å²) in [6, 6.07) is 9.23. The molecule has 134 valence electrons. The van der Waals surface area contributed by atoms with Gasteiger partial charge in [0.2, 0.25) is 5.91 Å². The molecule has 0 spiro atoms. The second-order valence-electron chi connectivity index (χ2n) is 6.02. The Bertz CT molecular complexity index is 748. The van der Waals surface area contributed by atoms with Gasteiger partial charge in [0.25, 0.3) is 0 Å². The second kappa shape index (κ2) is 8.46. The largest absolute Gasteiger partial charge is 0.491 e. The molecule has 0 heterocycles. The van der Waals surface area contributed by atoms with Crippen LogP contribution in [0.25, 0.3) is 0 Å². The number of rotatable bonds is 7. The molecule has 0 bridgehead atoms. The van der Waals surface area contributed by atoms with Gasteiger partial charge in [0, 0.05) is 12.6 Å². The van der Waals surface area contributed by atoms with E-state index < -0.39 is 5.82 Å². The Hall–Kier alpha value is -2.63. The maximum absolute atomic E-state index is 14.0. The molecule has 2 N–H and O–H groups in total. The third-order valence-electron chi connectivity index (χ3n) is 3.48. The molecule has 0 unspecified atom stereocenters. The van der Waals surface area contributed by atoms with Crippen LogP contribution in [0.1, 0.15) is 25.0 Å². The molecule has 0 aliphatic rings. The molecular weight excluding hydrogens is 326 g/mol. The van der Waals surface area contributed by atoms with Crippen LogP contribution in [0, 0.1) is 18.6 Å². The fourth-order valence-corrected chi connectivity index (χ4v) is 2.17. The number of anilines is 1. The summed E-state index contributed by atoms with van der Waals surface area (Å²) < 4.78 is 32.8. The number of ether oxygens (including phenoxy) is 1. The summed E-state index contributed by atoms with van der Waals surface area (Å²) in [4.78, 5) is 11.9. The number of aryl methyl sites for hydroxylation is 1. The predicted molar refractivity (Wildman–Crippen MR) is 93.6 cm³/mol. The van der Waals surface area contributed by atoms with E-state index in [1.54, 1.807) is 25.1 Å². The average Bonchev–Trinajstić information content (AvgIpc) is 2.54. The van der Waals surface area contributed by atoms with Gasteiger partial charge in [-0.15, -0.1) is 0 Å². The first kappa shape index (κ1) is 18.7. The lowest BCUT2D eigenvalue weighted by Gasteiger charge is -2.12. The van der Waals surface area contributed by atoms with Crippen molar-refractivity contribution in [3.05, 3.63) is 59.2 Å². The van der Waals surface area contributed by atoms with E-state index >= 15 is 0 Å². The first-order valence-electron chi connectivity index (χ1n) is 8.07. The summed E-state index contributed by atoms with van der Waals surface area (Å²) in [7, 11) is 0. The van der Waals surface area contributed by atoms with E-state index in [2.05, 4.69) is 10.6 Å². The van der Waals surface area contributed by atoms with Crippen LogP contribution in [0.2, 0.25) is 0 Å². The topological polar surface area (TPSA) is 50.4 Å². The summed E-state index contributed by atoms with van der Waals surface area (Å²) in [6.45, 7) is 5.51. The third kappa shape index (κ3) is 5.74. The number of carbonyl (C=O) groups is 1. The lowest BCUT2D eigenvalue weighted by Crippen LogP contribution is -2.29. The molecule has 4 nitrogen and oxygen atoms in total. The molecule has 0 atom stereocenters. The van der Waals surface area contributed by atoms with E-state index in [-0.39, 0.29) is 36.6 Å². The van der Waals surface area contributed by atoms with Crippen molar-refractivity contribution in [1.29, 1.82) is 0 Å². The molecular formula is C19H22F2N2O2. The van der Waals surface area contributed by atoms with Gasteiger partial charge in [-0.25, -0.2) is 8.78 Å². The molecule has 2 aromatic rings. The first-order chi connectivity index (χ1) is 11.8. The van der Waals surface area contributed by atoms with Crippen molar-refractivity contribution in [3.8, 4) is 5.75 Å². The number of hydrogen-bond donors (Lipinski definition) is 2. The monoisotopic (exact) mass is 348 g/mol. The lowest BCUT2D eigenvalue weighted by atomic mass is 10.1. The Labute approximate surface area is 146 Å². The van der Waals surface area contributed by atoms with Gasteiger partial charge in [0.1, 0.15) is 17.4 Å². The van der Waals surface area contributed by atoms with Crippen LogP contribution < -0.4 is 15.4 Å². The van der Waals surface area contributed by atoms with E-state index in [1.807, 2.05) is 13.8 Å². The Morgan fingerprint density at radius 3 is 2.52 bits per heavy atom. The zero-order chi connectivity index (χ0) is 18.4. The standard InChI is InChI=1S/C19H22F2N2O2/c1-12(2)25-15-6-7-18(17(21)9-15)22-11-19(24)23-10-14-5-4-13(3)16(20)8-14/h4-9,12,22H,10-11H2,1-3H3,(H,23,24). The molecule has 0 aromatic heterocycles. The molecule has 0 saturated heterocycles. The Kier molecular flexibility index (Phi) is 6.33. The van der Waals surface area contributed by atoms with Crippen LogP contribution in [0.3, 0.4) is 0 Å². The second-order valence-corrected chi connectivity index (χ2v) is 6.02. The van der Waals surface area contributed by atoms with Crippen molar-refractivity contribution in [2.24, 2.45) is 0 Å². The van der Waals surface area contributed by atoms with Gasteiger partial charge in [-0.05, 0) is 50.1 Å². The molecule has 0 aliphatic heterocycles. The Balaban J connectivity index is 1.84. The number of hydrogen-bond acceptors (Lipinski definition) is 3. The Morgan fingerprint density at radius 2 is 1.88 bits per heavy atom. The molecule has 0 aliphatic carbocycles. The molecule has 2 rings (SSSR count). The Morgan fingerprint density at radius 1 is 1.12 bits per heavy atom. The normalized spacial score (nSPS) is 10.6. The van der Waals surface area contributed by atoms with Gasteiger partial charge < -0.3 is 15.4 Å². The molecule has 1 amide bonds. The van der Waals surface area contributed by atoms with Gasteiger partial charge in [-0.1, -0.05) is 12.1 Å². The van der Waals surface area contributed by atoms with E-state index in [9.17, 15) is 13.6 Å². The van der Waals surface area contributed by atoms with Crippen molar-refractivity contribution in [3.63, 3.8) is 0 Å². The molecule has 25 heavy (non-hydrogen) atoms. The van der Waals surface area contributed by atoms with Crippen molar-refractivity contribution in [2.45, 2.75) is 33.4 Å². The minimum Gasteiger partial charge on any atom is -0.491 e. The van der Waals surface area contributed by atoms with E-state index in [0.29, 0.717) is 16.9 Å². The number of nitrogens with one attached hydrogen (secondary N) is 2. The first-order valence-corrected chi connectivity index (χ1v) is 8.07. The highest BCUT2D eigenvalue weighted by atomic mass is 19.1. The number of halogens is 2. The van der Waals surface area contributed by atoms with Crippen LogP contribution in [-0.4, -0.2) is 18.6 Å². The van der Waals surface area contributed by atoms with Gasteiger partial charge in [-0.3, -0.25) is 4.79 Å². The van der Waals surface area contributed by atoms with Crippen molar-refractivity contribution >= 4 is 11.6 Å². The zero-order valence-electron chi connectivity index (χ0n) is 14.5.